The van der Waals surface area contributed by atoms with Crippen molar-refractivity contribution in [3.05, 3.63) is 28.8 Å². The molecule has 2 aromatic rings. The van der Waals surface area contributed by atoms with Gasteiger partial charge >= 0.3 is 6.18 Å². The van der Waals surface area contributed by atoms with Crippen LogP contribution in [0.5, 0.6) is 0 Å². The van der Waals surface area contributed by atoms with E-state index in [9.17, 15) is 13.2 Å². The van der Waals surface area contributed by atoms with Crippen LogP contribution in [-0.4, -0.2) is 18.1 Å². The van der Waals surface area contributed by atoms with Gasteiger partial charge in [0.05, 0.1) is 20.8 Å². The van der Waals surface area contributed by atoms with Crippen LogP contribution in [0.3, 0.4) is 0 Å². The first kappa shape index (κ1) is 12.9. The van der Waals surface area contributed by atoms with Crippen LogP contribution < -0.4 is 5.32 Å². The van der Waals surface area contributed by atoms with E-state index in [4.69, 9.17) is 0 Å². The third kappa shape index (κ3) is 2.34. The van der Waals surface area contributed by atoms with E-state index in [2.05, 4.69) is 17.2 Å². The maximum atomic E-state index is 12.7. The Morgan fingerprint density at radius 2 is 2.11 bits per heavy atom. The Bertz CT molecular complexity index is 605. The van der Waals surface area contributed by atoms with Crippen LogP contribution in [0.4, 0.5) is 13.2 Å². The normalized spacial score (nSPS) is 24.2. The molecule has 1 N–H and O–H groups in total. The van der Waals surface area contributed by atoms with Gasteiger partial charge in [0, 0.05) is 12.5 Å². The second-order valence-electron chi connectivity index (χ2n) is 4.97. The second-order valence-corrected chi connectivity index (χ2v) is 6.04. The van der Waals surface area contributed by atoms with Crippen molar-refractivity contribution in [3.8, 4) is 0 Å². The Morgan fingerprint density at radius 1 is 1.32 bits per heavy atom. The molecule has 0 amide bonds. The summed E-state index contributed by atoms with van der Waals surface area (Å²) in [5.74, 6) is 0.786. The maximum absolute atomic E-state index is 12.7. The molecular weight excluding hydrogens is 273 g/mol. The fourth-order valence-corrected chi connectivity index (χ4v) is 3.60. The van der Waals surface area contributed by atoms with Crippen LogP contribution in [0, 0.1) is 5.92 Å². The van der Waals surface area contributed by atoms with Gasteiger partial charge in [0.25, 0.3) is 0 Å². The molecule has 1 aromatic heterocycles. The first-order chi connectivity index (χ1) is 8.95. The molecular formula is C13H13F3N2S. The highest BCUT2D eigenvalue weighted by Gasteiger charge is 2.31. The second kappa shape index (κ2) is 4.45. The van der Waals surface area contributed by atoms with Gasteiger partial charge in [-0.1, -0.05) is 6.92 Å². The van der Waals surface area contributed by atoms with Gasteiger partial charge in [-0.3, -0.25) is 0 Å². The molecule has 0 radical (unpaired) electrons. The maximum Gasteiger partial charge on any atom is 0.416 e. The summed E-state index contributed by atoms with van der Waals surface area (Å²) in [7, 11) is 0. The molecule has 2 nitrogen and oxygen atoms in total. The fourth-order valence-electron chi connectivity index (χ4n) is 2.42. The van der Waals surface area contributed by atoms with Crippen molar-refractivity contribution in [2.24, 2.45) is 5.92 Å². The average Bonchev–Trinajstić information content (AvgIpc) is 2.91. The lowest BCUT2D eigenvalue weighted by Gasteiger charge is -2.09. The molecule has 3 rings (SSSR count). The summed E-state index contributed by atoms with van der Waals surface area (Å²) in [6.07, 6.45) is -4.31. The summed E-state index contributed by atoms with van der Waals surface area (Å²) in [5, 5.41) is 4.22. The van der Waals surface area contributed by atoms with E-state index in [1.54, 1.807) is 0 Å². The van der Waals surface area contributed by atoms with Gasteiger partial charge in [0.15, 0.2) is 0 Å². The monoisotopic (exact) mass is 286 g/mol. The first-order valence-corrected chi connectivity index (χ1v) is 6.95. The van der Waals surface area contributed by atoms with Gasteiger partial charge in [-0.25, -0.2) is 4.98 Å². The zero-order valence-corrected chi connectivity index (χ0v) is 11.1. The summed E-state index contributed by atoms with van der Waals surface area (Å²) in [5.41, 5.74) is -0.177. The molecule has 1 aromatic carbocycles. The summed E-state index contributed by atoms with van der Waals surface area (Å²) in [6, 6.07) is 3.79. The van der Waals surface area contributed by atoms with Gasteiger partial charge in [0.2, 0.25) is 0 Å². The molecule has 102 valence electrons. The van der Waals surface area contributed by atoms with Crippen molar-refractivity contribution in [2.75, 3.05) is 13.1 Å². The third-order valence-corrected chi connectivity index (χ3v) is 4.73. The highest BCUT2D eigenvalue weighted by Crippen LogP contribution is 2.36. The third-order valence-electron chi connectivity index (χ3n) is 3.57. The lowest BCUT2D eigenvalue weighted by atomic mass is 9.99. The molecule has 0 bridgehead atoms. The predicted molar refractivity (Wildman–Crippen MR) is 69.4 cm³/mol. The predicted octanol–water partition coefficient (Wildman–Crippen LogP) is 3.64. The Labute approximate surface area is 112 Å². The molecule has 0 unspecified atom stereocenters. The van der Waals surface area contributed by atoms with E-state index in [1.165, 1.54) is 17.4 Å². The SMILES string of the molecule is C[C@@H]1CNC[C@H]1c1nc2cc(C(F)(F)F)ccc2s1. The molecule has 0 aliphatic carbocycles. The number of aromatic nitrogens is 1. The molecule has 2 heterocycles. The summed E-state index contributed by atoms with van der Waals surface area (Å²) >= 11 is 1.50. The molecule has 0 saturated carbocycles. The summed E-state index contributed by atoms with van der Waals surface area (Å²) in [4.78, 5) is 4.40. The molecule has 1 aliphatic rings. The number of hydrogen-bond donors (Lipinski definition) is 1. The lowest BCUT2D eigenvalue weighted by molar-refractivity contribution is -0.137. The van der Waals surface area contributed by atoms with Crippen molar-refractivity contribution in [2.45, 2.75) is 19.0 Å². The average molecular weight is 286 g/mol. The van der Waals surface area contributed by atoms with Crippen molar-refractivity contribution < 1.29 is 13.2 Å². The zero-order valence-electron chi connectivity index (χ0n) is 10.3. The Balaban J connectivity index is 2.01. The number of benzene rings is 1. The highest BCUT2D eigenvalue weighted by atomic mass is 32.1. The standard InChI is InChI=1S/C13H13F3N2S/c1-7-5-17-6-9(7)12-18-10-4-8(13(14,15)16)2-3-11(10)19-12/h2-4,7,9,17H,5-6H2,1H3/t7-,9-/m1/s1. The van der Waals surface area contributed by atoms with Gasteiger partial charge in [-0.15, -0.1) is 11.3 Å². The van der Waals surface area contributed by atoms with Gasteiger partial charge in [0.1, 0.15) is 0 Å². The number of thiazole rings is 1. The zero-order chi connectivity index (χ0) is 13.6. The smallest absolute Gasteiger partial charge is 0.316 e. The Hall–Kier alpha value is -1.14. The first-order valence-electron chi connectivity index (χ1n) is 6.13. The summed E-state index contributed by atoms with van der Waals surface area (Å²) in [6.45, 7) is 3.93. The Kier molecular flexibility index (Phi) is 3.02. The van der Waals surface area contributed by atoms with Crippen LogP contribution in [0.1, 0.15) is 23.4 Å². The van der Waals surface area contributed by atoms with E-state index in [0.717, 1.165) is 34.9 Å². The van der Waals surface area contributed by atoms with Crippen LogP contribution in [0.15, 0.2) is 18.2 Å². The number of halogens is 3. The van der Waals surface area contributed by atoms with Crippen molar-refractivity contribution >= 4 is 21.6 Å². The van der Waals surface area contributed by atoms with Crippen molar-refractivity contribution in [1.29, 1.82) is 0 Å². The number of rotatable bonds is 1. The molecule has 2 atom stereocenters. The number of fused-ring (bicyclic) bond motifs is 1. The fraction of sp³-hybridized carbons (Fsp3) is 0.462. The van der Waals surface area contributed by atoms with Crippen molar-refractivity contribution in [1.82, 2.24) is 10.3 Å². The molecule has 1 saturated heterocycles. The Morgan fingerprint density at radius 3 is 2.74 bits per heavy atom. The van der Waals surface area contributed by atoms with Crippen LogP contribution in [0.25, 0.3) is 10.2 Å². The van der Waals surface area contributed by atoms with Crippen LogP contribution in [-0.2, 0) is 6.18 Å². The van der Waals surface area contributed by atoms with Crippen LogP contribution in [0.2, 0.25) is 0 Å². The quantitative estimate of drug-likeness (QED) is 0.865. The van der Waals surface area contributed by atoms with E-state index in [0.29, 0.717) is 17.4 Å². The van der Waals surface area contributed by atoms with E-state index in [-0.39, 0.29) is 0 Å². The minimum absolute atomic E-state index is 0.312. The minimum Gasteiger partial charge on any atom is -0.316 e. The summed E-state index contributed by atoms with van der Waals surface area (Å²) < 4.78 is 38.8. The van der Waals surface area contributed by atoms with Crippen LogP contribution >= 0.6 is 11.3 Å². The molecule has 0 spiro atoms. The lowest BCUT2D eigenvalue weighted by Crippen LogP contribution is -2.07. The largest absolute Gasteiger partial charge is 0.416 e. The van der Waals surface area contributed by atoms with Gasteiger partial charge in [-0.2, -0.15) is 13.2 Å². The van der Waals surface area contributed by atoms with Gasteiger partial charge in [-0.05, 0) is 30.7 Å². The van der Waals surface area contributed by atoms with Crippen molar-refractivity contribution in [3.63, 3.8) is 0 Å². The van der Waals surface area contributed by atoms with E-state index < -0.39 is 11.7 Å². The number of nitrogens with zero attached hydrogens (tertiary/aromatic N) is 1. The van der Waals surface area contributed by atoms with E-state index in [1.807, 2.05) is 0 Å². The minimum atomic E-state index is -4.31. The molecule has 1 aliphatic heterocycles. The topological polar surface area (TPSA) is 24.9 Å². The highest BCUT2D eigenvalue weighted by molar-refractivity contribution is 7.18. The molecule has 6 heteroatoms. The molecule has 19 heavy (non-hydrogen) atoms. The number of alkyl halides is 3. The van der Waals surface area contributed by atoms with Gasteiger partial charge < -0.3 is 5.32 Å². The van der Waals surface area contributed by atoms with E-state index >= 15 is 0 Å². The number of hydrogen-bond acceptors (Lipinski definition) is 3. The molecule has 1 fully saturated rings. The number of nitrogens with one attached hydrogen (secondary N) is 1.